The molecule has 0 fully saturated rings. The second kappa shape index (κ2) is 5.30. The number of hydrogen-bond acceptors (Lipinski definition) is 0. The molecule has 0 saturated carbocycles. The van der Waals surface area contributed by atoms with Crippen molar-refractivity contribution in [3.63, 3.8) is 0 Å². The van der Waals surface area contributed by atoms with Gasteiger partial charge in [0.2, 0.25) is 6.33 Å². The summed E-state index contributed by atoms with van der Waals surface area (Å²) in [5.41, 5.74) is 2.60. The lowest BCUT2D eigenvalue weighted by molar-refractivity contribution is -0.687. The first-order valence-corrected chi connectivity index (χ1v) is 5.69. The van der Waals surface area contributed by atoms with Gasteiger partial charge < -0.3 is 0 Å². The molecule has 17 heavy (non-hydrogen) atoms. The number of hydrogen-bond donors (Lipinski definition) is 0. The van der Waals surface area contributed by atoms with Crippen LogP contribution in [0.3, 0.4) is 0 Å². The lowest BCUT2D eigenvalue weighted by Crippen LogP contribution is -2.31. The normalized spacial score (nSPS) is 10.1. The van der Waals surface area contributed by atoms with Crippen LogP contribution in [0.1, 0.15) is 11.1 Å². The zero-order valence-electron chi connectivity index (χ0n) is 9.92. The molecule has 0 N–H and O–H groups in total. The van der Waals surface area contributed by atoms with E-state index in [1.807, 2.05) is 29.4 Å². The van der Waals surface area contributed by atoms with Crippen LogP contribution in [0.25, 0.3) is 6.20 Å². The molecule has 0 aliphatic heterocycles. The molecule has 2 heteroatoms. The maximum atomic E-state index is 3.74. The Morgan fingerprint density at radius 3 is 2.41 bits per heavy atom. The van der Waals surface area contributed by atoms with Gasteiger partial charge in [-0.1, -0.05) is 36.9 Å². The Kier molecular flexibility index (Phi) is 3.55. The van der Waals surface area contributed by atoms with E-state index < -0.39 is 0 Å². The van der Waals surface area contributed by atoms with Crippen LogP contribution in [0.4, 0.5) is 0 Å². The van der Waals surface area contributed by atoms with Gasteiger partial charge in [-0.05, 0) is 17.5 Å². The van der Waals surface area contributed by atoms with Crippen molar-refractivity contribution in [1.82, 2.24) is 4.57 Å². The van der Waals surface area contributed by atoms with Crippen molar-refractivity contribution < 1.29 is 4.57 Å². The number of benzene rings is 1. The molecule has 0 bridgehead atoms. The molecule has 0 radical (unpaired) electrons. The molecule has 1 heterocycles. The lowest BCUT2D eigenvalue weighted by atomic mass is 10.1. The van der Waals surface area contributed by atoms with Gasteiger partial charge in [-0.2, -0.15) is 0 Å². The number of aromatic nitrogens is 2. The summed E-state index contributed by atoms with van der Waals surface area (Å²) in [6.45, 7) is 8.35. The van der Waals surface area contributed by atoms with E-state index in [2.05, 4.69) is 42.0 Å². The molecule has 0 aliphatic rings. The van der Waals surface area contributed by atoms with Crippen molar-refractivity contribution in [3.8, 4) is 0 Å². The molecule has 0 unspecified atom stereocenters. The first-order valence-electron chi connectivity index (χ1n) is 5.69. The minimum atomic E-state index is 0.884. The van der Waals surface area contributed by atoms with Gasteiger partial charge in [0.15, 0.2) is 0 Å². The van der Waals surface area contributed by atoms with E-state index in [0.717, 1.165) is 13.0 Å². The molecule has 0 amide bonds. The van der Waals surface area contributed by atoms with Crippen LogP contribution in [0.15, 0.2) is 62.2 Å². The molecular formula is C15H17N2+. The molecule has 2 aromatic rings. The second-order valence-electron chi connectivity index (χ2n) is 4.03. The van der Waals surface area contributed by atoms with Crippen LogP contribution in [-0.4, -0.2) is 4.57 Å². The van der Waals surface area contributed by atoms with Gasteiger partial charge in [0.25, 0.3) is 0 Å². The van der Waals surface area contributed by atoms with E-state index in [-0.39, 0.29) is 0 Å². The Bertz CT molecular complexity index is 506. The van der Waals surface area contributed by atoms with E-state index in [4.69, 9.17) is 0 Å². The van der Waals surface area contributed by atoms with Gasteiger partial charge >= 0.3 is 0 Å². The highest BCUT2D eigenvalue weighted by Gasteiger charge is 2.02. The quantitative estimate of drug-likeness (QED) is 0.546. The molecule has 0 aliphatic carbocycles. The monoisotopic (exact) mass is 225 g/mol. The van der Waals surface area contributed by atoms with Crippen molar-refractivity contribution in [3.05, 3.63) is 73.3 Å². The van der Waals surface area contributed by atoms with Gasteiger partial charge in [0.1, 0.15) is 18.9 Å². The van der Waals surface area contributed by atoms with E-state index in [9.17, 15) is 0 Å². The largest absolute Gasteiger partial charge is 0.248 e. The van der Waals surface area contributed by atoms with Gasteiger partial charge in [0, 0.05) is 0 Å². The summed E-state index contributed by atoms with van der Waals surface area (Å²) in [5, 5.41) is 0. The molecule has 0 spiro atoms. The minimum absolute atomic E-state index is 0.884. The maximum absolute atomic E-state index is 3.74. The SMILES string of the molecule is C=CCc1ccc(C[n+]2ccn(C=C)c2)cc1. The number of imidazole rings is 1. The first kappa shape index (κ1) is 11.4. The van der Waals surface area contributed by atoms with Crippen molar-refractivity contribution >= 4 is 6.20 Å². The smallest absolute Gasteiger partial charge is 0.232 e. The Balaban J connectivity index is 2.07. The third-order valence-corrected chi connectivity index (χ3v) is 2.69. The maximum Gasteiger partial charge on any atom is 0.248 e. The molecule has 1 aromatic carbocycles. The zero-order valence-corrected chi connectivity index (χ0v) is 9.92. The van der Waals surface area contributed by atoms with E-state index >= 15 is 0 Å². The summed E-state index contributed by atoms with van der Waals surface area (Å²) >= 11 is 0. The molecule has 2 rings (SSSR count). The van der Waals surface area contributed by atoms with Crippen molar-refractivity contribution in [2.45, 2.75) is 13.0 Å². The van der Waals surface area contributed by atoms with Crippen LogP contribution in [0.5, 0.6) is 0 Å². The summed E-state index contributed by atoms with van der Waals surface area (Å²) in [7, 11) is 0. The van der Waals surface area contributed by atoms with Crippen molar-refractivity contribution in [1.29, 1.82) is 0 Å². The van der Waals surface area contributed by atoms with Crippen molar-refractivity contribution in [2.75, 3.05) is 0 Å². The summed E-state index contributed by atoms with van der Waals surface area (Å²) in [6.07, 6.45) is 10.7. The van der Waals surface area contributed by atoms with Crippen LogP contribution >= 0.6 is 0 Å². The fraction of sp³-hybridized carbons (Fsp3) is 0.133. The summed E-state index contributed by atoms with van der Waals surface area (Å²) in [5.74, 6) is 0. The van der Waals surface area contributed by atoms with Crippen LogP contribution < -0.4 is 4.57 Å². The fourth-order valence-electron chi connectivity index (χ4n) is 1.77. The average molecular weight is 225 g/mol. The molecule has 86 valence electrons. The topological polar surface area (TPSA) is 8.81 Å². The van der Waals surface area contributed by atoms with Gasteiger partial charge in [-0.25, -0.2) is 9.13 Å². The third-order valence-electron chi connectivity index (χ3n) is 2.69. The Morgan fingerprint density at radius 2 is 1.82 bits per heavy atom. The zero-order chi connectivity index (χ0) is 12.1. The Morgan fingerprint density at radius 1 is 1.12 bits per heavy atom. The van der Waals surface area contributed by atoms with Gasteiger partial charge in [-0.15, -0.1) is 6.58 Å². The van der Waals surface area contributed by atoms with Crippen LogP contribution in [0, 0.1) is 0 Å². The van der Waals surface area contributed by atoms with Gasteiger partial charge in [0.05, 0.1) is 6.20 Å². The average Bonchev–Trinajstić information content (AvgIpc) is 2.80. The number of nitrogens with zero attached hydrogens (tertiary/aromatic N) is 2. The molecular weight excluding hydrogens is 208 g/mol. The molecule has 1 aromatic heterocycles. The van der Waals surface area contributed by atoms with E-state index in [0.29, 0.717) is 0 Å². The highest BCUT2D eigenvalue weighted by atomic mass is 15.1. The van der Waals surface area contributed by atoms with E-state index in [1.54, 1.807) is 6.20 Å². The Hall–Kier alpha value is -2.09. The minimum Gasteiger partial charge on any atom is -0.232 e. The first-order chi connectivity index (χ1) is 8.31. The molecule has 0 atom stereocenters. The highest BCUT2D eigenvalue weighted by molar-refractivity contribution is 5.23. The summed E-state index contributed by atoms with van der Waals surface area (Å²) in [6, 6.07) is 8.64. The third kappa shape index (κ3) is 2.94. The summed E-state index contributed by atoms with van der Waals surface area (Å²) in [4.78, 5) is 0. The number of rotatable bonds is 5. The lowest BCUT2D eigenvalue weighted by Gasteiger charge is -2.00. The Labute approximate surface area is 102 Å². The predicted molar refractivity (Wildman–Crippen MR) is 70.5 cm³/mol. The second-order valence-corrected chi connectivity index (χ2v) is 4.03. The molecule has 0 saturated heterocycles. The standard InChI is InChI=1S/C15H17N2/c1-3-5-14-6-8-15(9-7-14)12-17-11-10-16(4-2)13-17/h3-4,6-11,13H,1-2,5,12H2/q+1. The fourth-order valence-corrected chi connectivity index (χ4v) is 1.77. The van der Waals surface area contributed by atoms with Crippen LogP contribution in [-0.2, 0) is 13.0 Å². The number of allylic oxidation sites excluding steroid dienone is 1. The predicted octanol–water partition coefficient (Wildman–Crippen LogP) is 2.65. The molecule has 2 nitrogen and oxygen atoms in total. The van der Waals surface area contributed by atoms with Crippen LogP contribution in [0.2, 0.25) is 0 Å². The van der Waals surface area contributed by atoms with Crippen molar-refractivity contribution in [2.24, 2.45) is 0 Å². The van der Waals surface area contributed by atoms with Gasteiger partial charge in [-0.3, -0.25) is 0 Å². The van der Waals surface area contributed by atoms with E-state index in [1.165, 1.54) is 11.1 Å². The summed E-state index contributed by atoms with van der Waals surface area (Å²) < 4.78 is 4.07. The highest BCUT2D eigenvalue weighted by Crippen LogP contribution is 2.05.